The number of halogens is 2. The third-order valence-electron chi connectivity index (χ3n) is 8.22. The first-order valence-electron chi connectivity index (χ1n) is 14.0. The van der Waals surface area contributed by atoms with E-state index in [0.717, 1.165) is 0 Å². The molecule has 6 aromatic rings. The van der Waals surface area contributed by atoms with Gasteiger partial charge in [0.05, 0.1) is 0 Å². The molecule has 212 valence electrons. The summed E-state index contributed by atoms with van der Waals surface area (Å²) >= 11 is 5.47. The molecular formula is C38H36I2P2. The minimum absolute atomic E-state index is 1.42. The van der Waals surface area contributed by atoms with E-state index < -0.39 is 8.49 Å². The van der Waals surface area contributed by atoms with Crippen LogP contribution in [-0.2, 0) is 0 Å². The van der Waals surface area contributed by atoms with E-state index in [1.165, 1.54) is 31.8 Å². The molecule has 4 heteroatoms. The van der Waals surface area contributed by atoms with E-state index in [0.29, 0.717) is 0 Å². The predicted molar refractivity (Wildman–Crippen MR) is 210 cm³/mol. The molecule has 0 saturated heterocycles. The van der Waals surface area contributed by atoms with Crippen molar-refractivity contribution in [3.8, 4) is 0 Å². The molecule has 0 aromatic heterocycles. The van der Waals surface area contributed by atoms with E-state index >= 15 is 0 Å². The van der Waals surface area contributed by atoms with Gasteiger partial charge >= 0.3 is 280 Å². The molecule has 0 aliphatic rings. The second-order valence-corrected chi connectivity index (χ2v) is 34.2. The van der Waals surface area contributed by atoms with E-state index in [2.05, 4.69) is 239 Å². The zero-order valence-corrected chi connectivity index (χ0v) is 30.1. The van der Waals surface area contributed by atoms with E-state index in [-0.39, 0.29) is 0 Å². The van der Waals surface area contributed by atoms with Crippen LogP contribution >= 0.6 is 52.6 Å². The Morgan fingerprint density at radius 3 is 0.500 bits per heavy atom. The van der Waals surface area contributed by atoms with Crippen LogP contribution in [0.4, 0.5) is 0 Å². The van der Waals surface area contributed by atoms with Gasteiger partial charge in [-0.15, -0.1) is 0 Å². The Hall–Kier alpha value is -2.36. The molecule has 0 N–H and O–H groups in total. The summed E-state index contributed by atoms with van der Waals surface area (Å²) in [5, 5.41) is 8.51. The Kier molecular flexibility index (Phi) is 9.40. The molecule has 0 heterocycles. The Morgan fingerprint density at radius 2 is 0.381 bits per heavy atom. The second kappa shape index (κ2) is 12.7. The SMILES string of the molecule is CP(I)(c1ccccc1)(c1ccccc1)c1ccccc1.CP(I)(c1ccccc1)(c1ccccc1)c1ccccc1. The predicted octanol–water partition coefficient (Wildman–Crippen LogP) is 8.99. The molecule has 0 aliphatic carbocycles. The second-order valence-electron chi connectivity index (χ2n) is 10.9. The third kappa shape index (κ3) is 5.76. The van der Waals surface area contributed by atoms with Gasteiger partial charge in [-0.05, 0) is 0 Å². The maximum atomic E-state index is 2.74. The van der Waals surface area contributed by atoms with Crippen molar-refractivity contribution in [1.29, 1.82) is 0 Å². The molecule has 6 rings (SSSR count). The molecule has 6 aromatic carbocycles. The van der Waals surface area contributed by atoms with Gasteiger partial charge in [-0.1, -0.05) is 0 Å². The Bertz CT molecular complexity index is 1370. The summed E-state index contributed by atoms with van der Waals surface area (Å²) in [6.07, 6.45) is 0. The number of benzene rings is 6. The third-order valence-corrected chi connectivity index (χ3v) is 27.4. The van der Waals surface area contributed by atoms with Crippen LogP contribution in [-0.4, -0.2) is 13.3 Å². The van der Waals surface area contributed by atoms with Crippen LogP contribution in [0.5, 0.6) is 0 Å². The topological polar surface area (TPSA) is 0 Å². The van der Waals surface area contributed by atoms with Crippen LogP contribution in [0.25, 0.3) is 0 Å². The molecule has 0 aliphatic heterocycles. The van der Waals surface area contributed by atoms with Gasteiger partial charge in [0.25, 0.3) is 0 Å². The van der Waals surface area contributed by atoms with Crippen molar-refractivity contribution in [1.82, 2.24) is 0 Å². The molecule has 0 unspecified atom stereocenters. The van der Waals surface area contributed by atoms with Crippen molar-refractivity contribution in [2.24, 2.45) is 0 Å². The van der Waals surface area contributed by atoms with Crippen molar-refractivity contribution in [2.75, 3.05) is 13.3 Å². The van der Waals surface area contributed by atoms with E-state index in [4.69, 9.17) is 0 Å². The average molecular weight is 808 g/mol. The number of hydrogen-bond acceptors (Lipinski definition) is 0. The van der Waals surface area contributed by atoms with E-state index in [1.54, 1.807) is 0 Å². The molecule has 0 saturated carbocycles. The van der Waals surface area contributed by atoms with Crippen molar-refractivity contribution >= 4 is 84.4 Å². The zero-order chi connectivity index (χ0) is 29.6. The summed E-state index contributed by atoms with van der Waals surface area (Å²) in [5.74, 6) is 0. The summed E-state index contributed by atoms with van der Waals surface area (Å²) in [4.78, 5) is 0. The first-order chi connectivity index (χ1) is 20.2. The van der Waals surface area contributed by atoms with Crippen LogP contribution in [0.15, 0.2) is 182 Å². The van der Waals surface area contributed by atoms with Gasteiger partial charge in [-0.25, -0.2) is 0 Å². The van der Waals surface area contributed by atoms with Crippen molar-refractivity contribution in [3.05, 3.63) is 182 Å². The van der Waals surface area contributed by atoms with Gasteiger partial charge in [0.2, 0.25) is 0 Å². The minimum atomic E-state index is -2.40. The summed E-state index contributed by atoms with van der Waals surface area (Å²) in [6, 6.07) is 65.5. The van der Waals surface area contributed by atoms with Crippen LogP contribution < -0.4 is 31.8 Å². The molecule has 42 heavy (non-hydrogen) atoms. The van der Waals surface area contributed by atoms with Gasteiger partial charge in [-0.3, -0.25) is 0 Å². The Balaban J connectivity index is 0.000000168. The van der Waals surface area contributed by atoms with Gasteiger partial charge in [0, 0.05) is 0 Å². The Morgan fingerprint density at radius 1 is 0.262 bits per heavy atom. The quantitative estimate of drug-likeness (QED) is 0.117. The standard InChI is InChI=1S/2C19H18IP/c2*1-21(20,17-11-5-2-6-12-17,18-13-7-3-8-14-18)19-15-9-4-10-16-19/h2*2-16H,1H3. The first kappa shape index (κ1) is 31.1. The van der Waals surface area contributed by atoms with Gasteiger partial charge in [0.15, 0.2) is 0 Å². The molecule has 0 nitrogen and oxygen atoms in total. The fourth-order valence-corrected chi connectivity index (χ4v) is 18.5. The fraction of sp³-hybridized carbons (Fsp3) is 0.0526. The summed E-state index contributed by atoms with van der Waals surface area (Å²) in [5.41, 5.74) is 0. The molecule has 0 fully saturated rings. The normalized spacial score (nSPS) is 13.3. The summed E-state index contributed by atoms with van der Waals surface area (Å²) in [6.45, 7) is 4.87. The molecule has 0 atom stereocenters. The first-order valence-corrected chi connectivity index (χ1v) is 25.0. The fourth-order valence-electron chi connectivity index (χ4n) is 5.59. The van der Waals surface area contributed by atoms with Gasteiger partial charge < -0.3 is 0 Å². The Labute approximate surface area is 277 Å². The van der Waals surface area contributed by atoms with E-state index in [9.17, 15) is 0 Å². The van der Waals surface area contributed by atoms with Crippen molar-refractivity contribution in [2.45, 2.75) is 0 Å². The van der Waals surface area contributed by atoms with Gasteiger partial charge in [0.1, 0.15) is 0 Å². The number of hydrogen-bond donors (Lipinski definition) is 0. The average Bonchev–Trinajstić information content (AvgIpc) is 3.08. The van der Waals surface area contributed by atoms with E-state index in [1.807, 2.05) is 0 Å². The van der Waals surface area contributed by atoms with Crippen LogP contribution in [0.3, 0.4) is 0 Å². The molecule has 0 radical (unpaired) electrons. The molecule has 0 amide bonds. The van der Waals surface area contributed by atoms with Crippen LogP contribution in [0.1, 0.15) is 0 Å². The number of rotatable bonds is 6. The summed E-state index contributed by atoms with van der Waals surface area (Å²) < 4.78 is -4.81. The van der Waals surface area contributed by atoms with Crippen LogP contribution in [0.2, 0.25) is 0 Å². The molecule has 0 bridgehead atoms. The zero-order valence-electron chi connectivity index (χ0n) is 24.0. The molecule has 0 spiro atoms. The van der Waals surface area contributed by atoms with Crippen LogP contribution in [0, 0.1) is 0 Å². The monoisotopic (exact) mass is 808 g/mol. The molecular weight excluding hydrogens is 772 g/mol. The van der Waals surface area contributed by atoms with Crippen molar-refractivity contribution in [3.63, 3.8) is 0 Å². The maximum absolute atomic E-state index is 2.74. The van der Waals surface area contributed by atoms with Gasteiger partial charge in [-0.2, -0.15) is 0 Å². The summed E-state index contributed by atoms with van der Waals surface area (Å²) in [7, 11) is 0. The van der Waals surface area contributed by atoms with Crippen molar-refractivity contribution < 1.29 is 0 Å².